The van der Waals surface area contributed by atoms with Crippen LogP contribution < -0.4 is 5.56 Å². The van der Waals surface area contributed by atoms with Crippen LogP contribution in [0, 0.1) is 0 Å². The Bertz CT molecular complexity index is 482. The Morgan fingerprint density at radius 2 is 1.48 bits per heavy atom. The van der Waals surface area contributed by atoms with E-state index in [-0.39, 0.29) is 11.0 Å². The van der Waals surface area contributed by atoms with Gasteiger partial charge in [-0.2, -0.15) is 5.10 Å². The average molecular weight is 413 g/mol. The number of hydrogen-bond donors (Lipinski definition) is 1. The maximum absolute atomic E-state index is 11.3. The molecule has 25 heavy (non-hydrogen) atoms. The number of rotatable bonds is 15. The van der Waals surface area contributed by atoms with Crippen LogP contribution in [-0.2, 0) is 5.41 Å². The van der Waals surface area contributed by atoms with Gasteiger partial charge in [-0.05, 0) is 25.3 Å². The van der Waals surface area contributed by atoms with E-state index in [0.717, 1.165) is 17.4 Å². The second-order valence-electron chi connectivity index (χ2n) is 7.59. The van der Waals surface area contributed by atoms with Gasteiger partial charge in [-0.25, -0.2) is 5.10 Å². The molecule has 1 unspecified atom stereocenters. The molecule has 1 aromatic heterocycles. The fourth-order valence-electron chi connectivity index (χ4n) is 3.50. The van der Waals surface area contributed by atoms with Crippen molar-refractivity contribution in [2.24, 2.45) is 0 Å². The zero-order valence-electron chi connectivity index (χ0n) is 16.3. The lowest BCUT2D eigenvalue weighted by atomic mass is 9.77. The van der Waals surface area contributed by atoms with Gasteiger partial charge in [-0.3, -0.25) is 4.79 Å². The lowest BCUT2D eigenvalue weighted by Gasteiger charge is -2.29. The van der Waals surface area contributed by atoms with E-state index < -0.39 is 0 Å². The molecule has 0 fully saturated rings. The van der Waals surface area contributed by atoms with Crippen LogP contribution in [0.4, 0.5) is 0 Å². The van der Waals surface area contributed by atoms with Crippen molar-refractivity contribution in [3.05, 3.63) is 28.2 Å². The van der Waals surface area contributed by atoms with Gasteiger partial charge in [0, 0.05) is 16.8 Å². The third-order valence-electron chi connectivity index (χ3n) is 5.24. The number of nitrogens with zero attached hydrogens (tertiary/aromatic N) is 1. The first-order valence-corrected chi connectivity index (χ1v) is 11.4. The summed E-state index contributed by atoms with van der Waals surface area (Å²) in [6, 6.07) is 3.55. The van der Waals surface area contributed by atoms with Crippen LogP contribution in [-0.4, -0.2) is 15.5 Å². The summed E-state index contributed by atoms with van der Waals surface area (Å²) in [6.07, 6.45) is 16.7. The molecule has 0 aliphatic heterocycles. The predicted octanol–water partition coefficient (Wildman–Crippen LogP) is 6.51. The molecule has 0 aromatic carbocycles. The summed E-state index contributed by atoms with van der Waals surface area (Å²) in [5.41, 5.74) is 1.04. The first-order valence-electron chi connectivity index (χ1n) is 10.2. The Labute approximate surface area is 162 Å². The summed E-state index contributed by atoms with van der Waals surface area (Å²) in [4.78, 5) is 11.3. The minimum absolute atomic E-state index is 0.0896. The van der Waals surface area contributed by atoms with Gasteiger partial charge >= 0.3 is 0 Å². The van der Waals surface area contributed by atoms with E-state index in [2.05, 4.69) is 40.0 Å². The van der Waals surface area contributed by atoms with Crippen molar-refractivity contribution in [3.63, 3.8) is 0 Å². The highest BCUT2D eigenvalue weighted by atomic mass is 79.9. The van der Waals surface area contributed by atoms with Crippen molar-refractivity contribution < 1.29 is 0 Å². The molecule has 1 rings (SSSR count). The van der Waals surface area contributed by atoms with E-state index in [9.17, 15) is 4.79 Å². The monoisotopic (exact) mass is 412 g/mol. The largest absolute Gasteiger partial charge is 0.268 e. The van der Waals surface area contributed by atoms with Crippen molar-refractivity contribution in [1.82, 2.24) is 10.2 Å². The van der Waals surface area contributed by atoms with Gasteiger partial charge in [0.05, 0.1) is 5.69 Å². The summed E-state index contributed by atoms with van der Waals surface area (Å²) in [5.74, 6) is 0. The standard InChI is InChI=1S/C21H37BrN2O/c1-3-4-5-8-11-16-21(2,19-14-15-20(25)24-23-19)17-12-9-6-7-10-13-18-22/h14-15H,3-13,16-18H2,1-2H3,(H,24,25). The molecule has 0 saturated heterocycles. The zero-order valence-corrected chi connectivity index (χ0v) is 17.9. The molecular weight excluding hydrogens is 376 g/mol. The van der Waals surface area contributed by atoms with Gasteiger partial charge in [-0.15, -0.1) is 0 Å². The first kappa shape index (κ1) is 22.4. The molecule has 1 N–H and O–H groups in total. The molecule has 0 amide bonds. The van der Waals surface area contributed by atoms with Gasteiger partial charge in [-0.1, -0.05) is 94.0 Å². The zero-order chi connectivity index (χ0) is 18.4. The third-order valence-corrected chi connectivity index (χ3v) is 5.80. The number of halogens is 1. The smallest absolute Gasteiger partial charge is 0.264 e. The minimum atomic E-state index is -0.110. The number of aromatic nitrogens is 2. The van der Waals surface area contributed by atoms with E-state index in [4.69, 9.17) is 0 Å². The van der Waals surface area contributed by atoms with Gasteiger partial charge in [0.2, 0.25) is 0 Å². The van der Waals surface area contributed by atoms with Gasteiger partial charge in [0.25, 0.3) is 5.56 Å². The van der Waals surface area contributed by atoms with Crippen molar-refractivity contribution >= 4 is 15.9 Å². The second-order valence-corrected chi connectivity index (χ2v) is 8.38. The van der Waals surface area contributed by atoms with Crippen LogP contribution in [0.2, 0.25) is 0 Å². The number of unbranched alkanes of at least 4 members (excludes halogenated alkanes) is 9. The normalized spacial score (nSPS) is 13.7. The van der Waals surface area contributed by atoms with Crippen molar-refractivity contribution in [2.75, 3.05) is 5.33 Å². The quantitative estimate of drug-likeness (QED) is 0.263. The molecular formula is C21H37BrN2O. The molecule has 3 nitrogen and oxygen atoms in total. The Kier molecular flexibility index (Phi) is 12.1. The lowest BCUT2D eigenvalue weighted by molar-refractivity contribution is 0.351. The van der Waals surface area contributed by atoms with Crippen LogP contribution in [0.25, 0.3) is 0 Å². The fourth-order valence-corrected chi connectivity index (χ4v) is 3.89. The van der Waals surface area contributed by atoms with Gasteiger partial charge in [0.15, 0.2) is 0 Å². The van der Waals surface area contributed by atoms with Crippen LogP contribution in [0.15, 0.2) is 16.9 Å². The molecule has 0 aliphatic carbocycles. The second kappa shape index (κ2) is 13.5. The first-order chi connectivity index (χ1) is 12.1. The molecule has 1 heterocycles. The highest BCUT2D eigenvalue weighted by Gasteiger charge is 2.27. The Morgan fingerprint density at radius 1 is 0.920 bits per heavy atom. The van der Waals surface area contributed by atoms with E-state index in [1.165, 1.54) is 77.0 Å². The van der Waals surface area contributed by atoms with Crippen LogP contribution in [0.1, 0.15) is 103 Å². The number of alkyl halides is 1. The third kappa shape index (κ3) is 9.58. The number of nitrogens with one attached hydrogen (secondary N) is 1. The fraction of sp³-hybridized carbons (Fsp3) is 0.810. The molecule has 1 aromatic rings. The molecule has 144 valence electrons. The maximum Gasteiger partial charge on any atom is 0.264 e. The molecule has 0 radical (unpaired) electrons. The Balaban J connectivity index is 2.49. The predicted molar refractivity (Wildman–Crippen MR) is 112 cm³/mol. The van der Waals surface area contributed by atoms with Crippen LogP contribution in [0.5, 0.6) is 0 Å². The molecule has 0 saturated carbocycles. The van der Waals surface area contributed by atoms with Gasteiger partial charge < -0.3 is 0 Å². The van der Waals surface area contributed by atoms with Crippen molar-refractivity contribution in [3.8, 4) is 0 Å². The SMILES string of the molecule is CCCCCCCC(C)(CCCCCCCCBr)c1ccc(=O)[nH]n1. The van der Waals surface area contributed by atoms with Crippen molar-refractivity contribution in [1.29, 1.82) is 0 Å². The Morgan fingerprint density at radius 3 is 2.00 bits per heavy atom. The summed E-state index contributed by atoms with van der Waals surface area (Å²) in [6.45, 7) is 4.59. The molecule has 4 heteroatoms. The summed E-state index contributed by atoms with van der Waals surface area (Å²) in [5, 5.41) is 8.12. The molecule has 1 atom stereocenters. The summed E-state index contributed by atoms with van der Waals surface area (Å²) in [7, 11) is 0. The topological polar surface area (TPSA) is 45.8 Å². The summed E-state index contributed by atoms with van der Waals surface area (Å²) >= 11 is 3.50. The highest BCUT2D eigenvalue weighted by Crippen LogP contribution is 2.33. The van der Waals surface area contributed by atoms with Gasteiger partial charge in [0.1, 0.15) is 0 Å². The summed E-state index contributed by atoms with van der Waals surface area (Å²) < 4.78 is 0. The van der Waals surface area contributed by atoms with Crippen LogP contribution in [0.3, 0.4) is 0 Å². The van der Waals surface area contributed by atoms with Crippen molar-refractivity contribution in [2.45, 2.75) is 103 Å². The number of hydrogen-bond acceptors (Lipinski definition) is 2. The van der Waals surface area contributed by atoms with E-state index >= 15 is 0 Å². The number of H-pyrrole nitrogens is 1. The number of aromatic amines is 1. The molecule has 0 bridgehead atoms. The van der Waals surface area contributed by atoms with Crippen LogP contribution >= 0.6 is 15.9 Å². The minimum Gasteiger partial charge on any atom is -0.268 e. The van der Waals surface area contributed by atoms with E-state index in [1.54, 1.807) is 6.07 Å². The van der Waals surface area contributed by atoms with E-state index in [0.29, 0.717) is 0 Å². The lowest BCUT2D eigenvalue weighted by Crippen LogP contribution is -2.25. The van der Waals surface area contributed by atoms with E-state index in [1.807, 2.05) is 6.07 Å². The molecule has 0 spiro atoms. The highest BCUT2D eigenvalue weighted by molar-refractivity contribution is 9.09. The molecule has 0 aliphatic rings. The average Bonchev–Trinajstić information content (AvgIpc) is 2.61. The maximum atomic E-state index is 11.3. The Hall–Kier alpha value is -0.640.